The topological polar surface area (TPSA) is 49.8 Å². The van der Waals surface area contributed by atoms with Crippen molar-refractivity contribution in [3.63, 3.8) is 0 Å². The number of rotatable bonds is 3. The van der Waals surface area contributed by atoms with Gasteiger partial charge in [-0.15, -0.1) is 0 Å². The van der Waals surface area contributed by atoms with Gasteiger partial charge in [-0.3, -0.25) is 5.21 Å². The highest BCUT2D eigenvalue weighted by atomic mass is 16.6. The first-order valence-electron chi connectivity index (χ1n) is 5.62. The maximum absolute atomic E-state index is 11.4. The van der Waals surface area contributed by atoms with Crippen LogP contribution in [0.25, 0.3) is 0 Å². The van der Waals surface area contributed by atoms with E-state index in [0.29, 0.717) is 11.5 Å². The Bertz CT molecular complexity index is 357. The summed E-state index contributed by atoms with van der Waals surface area (Å²) in [6, 6.07) is 9.66. The fourth-order valence-corrected chi connectivity index (χ4v) is 1.29. The second-order valence-electron chi connectivity index (χ2n) is 4.84. The van der Waals surface area contributed by atoms with Crippen molar-refractivity contribution in [2.45, 2.75) is 32.8 Å². The standard InChI is InChI=1S/C13H19NO3/c1-13(2,3)17-12(15)14(16)10-9-11-7-5-4-6-8-11/h4-8,16H,9-10H2,1-3H3. The summed E-state index contributed by atoms with van der Waals surface area (Å²) in [6.45, 7) is 5.50. The lowest BCUT2D eigenvalue weighted by Crippen LogP contribution is -2.35. The molecule has 17 heavy (non-hydrogen) atoms. The Morgan fingerprint density at radius 2 is 1.88 bits per heavy atom. The molecule has 0 aliphatic rings. The van der Waals surface area contributed by atoms with Gasteiger partial charge < -0.3 is 4.74 Å². The third kappa shape index (κ3) is 5.36. The lowest BCUT2D eigenvalue weighted by Gasteiger charge is -2.23. The van der Waals surface area contributed by atoms with Crippen molar-refractivity contribution in [3.05, 3.63) is 35.9 Å². The highest BCUT2D eigenvalue weighted by molar-refractivity contribution is 5.66. The Hall–Kier alpha value is -1.55. The van der Waals surface area contributed by atoms with Gasteiger partial charge in [0, 0.05) is 0 Å². The third-order valence-electron chi connectivity index (χ3n) is 2.06. The molecule has 1 rings (SSSR count). The van der Waals surface area contributed by atoms with Gasteiger partial charge in [-0.2, -0.15) is 5.06 Å². The van der Waals surface area contributed by atoms with Gasteiger partial charge >= 0.3 is 6.09 Å². The molecule has 1 N–H and O–H groups in total. The van der Waals surface area contributed by atoms with E-state index >= 15 is 0 Å². The van der Waals surface area contributed by atoms with Crippen molar-refractivity contribution >= 4 is 6.09 Å². The summed E-state index contributed by atoms with van der Waals surface area (Å²) in [5.74, 6) is 0. The number of hydroxylamine groups is 2. The van der Waals surface area contributed by atoms with Crippen LogP contribution in [0.1, 0.15) is 26.3 Å². The molecule has 4 heteroatoms. The number of amides is 1. The van der Waals surface area contributed by atoms with E-state index in [4.69, 9.17) is 4.74 Å². The second-order valence-corrected chi connectivity index (χ2v) is 4.84. The van der Waals surface area contributed by atoms with Gasteiger partial charge in [-0.1, -0.05) is 30.3 Å². The average Bonchev–Trinajstić information content (AvgIpc) is 2.25. The number of hydrogen-bond donors (Lipinski definition) is 1. The molecular formula is C13H19NO3. The van der Waals surface area contributed by atoms with Gasteiger partial charge in [0.25, 0.3) is 0 Å². The SMILES string of the molecule is CC(C)(C)OC(=O)N(O)CCc1ccccc1. The first kappa shape index (κ1) is 13.5. The van der Waals surface area contributed by atoms with Crippen molar-refractivity contribution in [1.82, 2.24) is 5.06 Å². The molecule has 0 heterocycles. The van der Waals surface area contributed by atoms with E-state index in [9.17, 15) is 10.0 Å². The second kappa shape index (κ2) is 5.68. The van der Waals surface area contributed by atoms with Gasteiger partial charge in [0.05, 0.1) is 6.54 Å². The van der Waals surface area contributed by atoms with E-state index in [1.165, 1.54) is 0 Å². The van der Waals surface area contributed by atoms with Crippen molar-refractivity contribution < 1.29 is 14.7 Å². The highest BCUT2D eigenvalue weighted by Crippen LogP contribution is 2.09. The summed E-state index contributed by atoms with van der Waals surface area (Å²) < 4.78 is 5.02. The van der Waals surface area contributed by atoms with E-state index in [1.807, 2.05) is 30.3 Å². The van der Waals surface area contributed by atoms with Gasteiger partial charge in [0.15, 0.2) is 0 Å². The number of carbonyl (C=O) groups is 1. The molecule has 0 bridgehead atoms. The minimum atomic E-state index is -0.714. The molecule has 0 radical (unpaired) electrons. The van der Waals surface area contributed by atoms with Crippen LogP contribution in [0.2, 0.25) is 0 Å². The molecule has 0 atom stereocenters. The molecule has 0 saturated heterocycles. The van der Waals surface area contributed by atoms with Crippen molar-refractivity contribution in [3.8, 4) is 0 Å². The molecule has 0 aromatic heterocycles. The predicted molar refractivity (Wildman–Crippen MR) is 64.9 cm³/mol. The molecule has 1 aromatic carbocycles. The lowest BCUT2D eigenvalue weighted by molar-refractivity contribution is -0.0930. The maximum atomic E-state index is 11.4. The molecule has 0 unspecified atom stereocenters. The molecule has 0 saturated carbocycles. The lowest BCUT2D eigenvalue weighted by atomic mass is 10.1. The van der Waals surface area contributed by atoms with Gasteiger partial charge in [0.1, 0.15) is 5.60 Å². The zero-order valence-corrected chi connectivity index (χ0v) is 10.5. The Morgan fingerprint density at radius 1 is 1.29 bits per heavy atom. The van der Waals surface area contributed by atoms with Gasteiger partial charge in [-0.25, -0.2) is 4.79 Å². The van der Waals surface area contributed by atoms with Crippen LogP contribution >= 0.6 is 0 Å². The Balaban J connectivity index is 2.40. The van der Waals surface area contributed by atoms with Crippen LogP contribution in [0.5, 0.6) is 0 Å². The molecule has 0 fully saturated rings. The highest BCUT2D eigenvalue weighted by Gasteiger charge is 2.20. The van der Waals surface area contributed by atoms with Crippen LogP contribution in [0.15, 0.2) is 30.3 Å². The summed E-state index contributed by atoms with van der Waals surface area (Å²) in [7, 11) is 0. The van der Waals surface area contributed by atoms with Crippen LogP contribution in [0.4, 0.5) is 4.79 Å². The Morgan fingerprint density at radius 3 is 2.41 bits per heavy atom. The molecule has 1 amide bonds. The number of carbonyl (C=O) groups excluding carboxylic acids is 1. The summed E-state index contributed by atoms with van der Waals surface area (Å²) in [5, 5.41) is 10.1. The normalized spacial score (nSPS) is 11.1. The van der Waals surface area contributed by atoms with Crippen LogP contribution in [-0.2, 0) is 11.2 Å². The van der Waals surface area contributed by atoms with Gasteiger partial charge in [0.2, 0.25) is 0 Å². The largest absolute Gasteiger partial charge is 0.442 e. The fourth-order valence-electron chi connectivity index (χ4n) is 1.29. The van der Waals surface area contributed by atoms with Crippen LogP contribution < -0.4 is 0 Å². The zero-order valence-electron chi connectivity index (χ0n) is 10.5. The first-order chi connectivity index (χ1) is 7.88. The molecule has 0 aliphatic carbocycles. The molecule has 1 aromatic rings. The summed E-state index contributed by atoms with van der Waals surface area (Å²) >= 11 is 0. The Kier molecular flexibility index (Phi) is 4.52. The third-order valence-corrected chi connectivity index (χ3v) is 2.06. The summed E-state index contributed by atoms with van der Waals surface area (Å²) in [4.78, 5) is 11.4. The van der Waals surface area contributed by atoms with E-state index in [-0.39, 0.29) is 6.54 Å². The van der Waals surface area contributed by atoms with Crippen LogP contribution in [0.3, 0.4) is 0 Å². The summed E-state index contributed by atoms with van der Waals surface area (Å²) in [5.41, 5.74) is 0.472. The smallest absolute Gasteiger partial charge is 0.434 e. The van der Waals surface area contributed by atoms with Crippen LogP contribution in [0, 0.1) is 0 Å². The van der Waals surface area contributed by atoms with Crippen molar-refractivity contribution in [2.75, 3.05) is 6.54 Å². The monoisotopic (exact) mass is 237 g/mol. The minimum absolute atomic E-state index is 0.221. The average molecular weight is 237 g/mol. The van der Waals surface area contributed by atoms with E-state index in [1.54, 1.807) is 20.8 Å². The number of nitrogens with zero attached hydrogens (tertiary/aromatic N) is 1. The van der Waals surface area contributed by atoms with Crippen LogP contribution in [-0.4, -0.2) is 28.5 Å². The van der Waals surface area contributed by atoms with E-state index in [2.05, 4.69) is 0 Å². The fraction of sp³-hybridized carbons (Fsp3) is 0.462. The number of ether oxygens (including phenoxy) is 1. The van der Waals surface area contributed by atoms with Gasteiger partial charge in [-0.05, 0) is 32.8 Å². The Labute approximate surface area is 102 Å². The zero-order chi connectivity index (χ0) is 12.9. The predicted octanol–water partition coefficient (Wildman–Crippen LogP) is 2.86. The van der Waals surface area contributed by atoms with Crippen molar-refractivity contribution in [2.24, 2.45) is 0 Å². The minimum Gasteiger partial charge on any atom is -0.442 e. The molecular weight excluding hydrogens is 218 g/mol. The summed E-state index contributed by atoms with van der Waals surface area (Å²) in [6.07, 6.45) is -0.121. The molecule has 0 spiro atoms. The maximum Gasteiger partial charge on any atom is 0.434 e. The number of hydrogen-bond acceptors (Lipinski definition) is 3. The first-order valence-corrected chi connectivity index (χ1v) is 5.62. The molecule has 94 valence electrons. The molecule has 0 aliphatic heterocycles. The van der Waals surface area contributed by atoms with Crippen molar-refractivity contribution in [1.29, 1.82) is 0 Å². The van der Waals surface area contributed by atoms with E-state index < -0.39 is 11.7 Å². The number of benzene rings is 1. The molecule has 4 nitrogen and oxygen atoms in total. The quantitative estimate of drug-likeness (QED) is 0.649. The van der Waals surface area contributed by atoms with E-state index in [0.717, 1.165) is 5.56 Å².